The Hall–Kier alpha value is -1.51. The van der Waals surface area contributed by atoms with Crippen LogP contribution < -0.4 is 4.90 Å². The van der Waals surface area contributed by atoms with Gasteiger partial charge in [-0.25, -0.2) is 4.79 Å². The molecule has 19 heavy (non-hydrogen) atoms. The molecular weight excluding hydrogens is 238 g/mol. The fourth-order valence-corrected chi connectivity index (χ4v) is 3.50. The first-order chi connectivity index (χ1) is 8.75. The lowest BCUT2D eigenvalue weighted by Gasteiger charge is -2.50. The van der Waals surface area contributed by atoms with E-state index in [2.05, 4.69) is 50.8 Å². The van der Waals surface area contributed by atoms with E-state index in [1.807, 2.05) is 0 Å². The lowest BCUT2D eigenvalue weighted by atomic mass is 9.78. The smallest absolute Gasteiger partial charge is 0.326 e. The van der Waals surface area contributed by atoms with E-state index in [0.717, 1.165) is 17.7 Å². The summed E-state index contributed by atoms with van der Waals surface area (Å²) >= 11 is 0. The number of aliphatic carboxylic acids is 1. The summed E-state index contributed by atoms with van der Waals surface area (Å²) in [4.78, 5) is 13.5. The fourth-order valence-electron chi connectivity index (χ4n) is 3.50. The van der Waals surface area contributed by atoms with E-state index < -0.39 is 12.0 Å². The second-order valence-electron chi connectivity index (χ2n) is 6.31. The lowest BCUT2D eigenvalue weighted by Crippen LogP contribution is -2.55. The zero-order valence-corrected chi connectivity index (χ0v) is 12.4. The summed E-state index contributed by atoms with van der Waals surface area (Å²) in [6, 6.07) is 5.74. The first-order valence-corrected chi connectivity index (χ1v) is 6.87. The van der Waals surface area contributed by atoms with Crippen LogP contribution in [0.4, 0.5) is 5.69 Å². The standard InChI is InChI=1S/C16H23NO2/c1-10-7-6-8-13-11(2)9-16(4,5)17(14(10)13)12(3)15(18)19/h6-8,11-12H,9H2,1-5H3,(H,18,19)/t11-,12-/m1/s1. The van der Waals surface area contributed by atoms with Crippen molar-refractivity contribution in [2.75, 3.05) is 4.90 Å². The topological polar surface area (TPSA) is 40.5 Å². The predicted octanol–water partition coefficient (Wildman–Crippen LogP) is 3.56. The van der Waals surface area contributed by atoms with Crippen molar-refractivity contribution < 1.29 is 9.90 Å². The molecule has 3 heteroatoms. The van der Waals surface area contributed by atoms with Crippen molar-refractivity contribution in [2.45, 2.75) is 58.5 Å². The molecule has 0 amide bonds. The van der Waals surface area contributed by atoms with Crippen molar-refractivity contribution in [3.8, 4) is 0 Å². The summed E-state index contributed by atoms with van der Waals surface area (Å²) in [5.41, 5.74) is 3.40. The molecule has 1 aromatic rings. The molecule has 0 aromatic heterocycles. The van der Waals surface area contributed by atoms with Crippen molar-refractivity contribution in [2.24, 2.45) is 0 Å². The number of hydrogen-bond donors (Lipinski definition) is 1. The molecule has 0 unspecified atom stereocenters. The number of benzene rings is 1. The van der Waals surface area contributed by atoms with Crippen LogP contribution >= 0.6 is 0 Å². The van der Waals surface area contributed by atoms with Gasteiger partial charge in [0.15, 0.2) is 0 Å². The van der Waals surface area contributed by atoms with Crippen molar-refractivity contribution in [3.63, 3.8) is 0 Å². The Morgan fingerprint density at radius 1 is 1.47 bits per heavy atom. The van der Waals surface area contributed by atoms with Gasteiger partial charge in [0.2, 0.25) is 0 Å². The molecular formula is C16H23NO2. The van der Waals surface area contributed by atoms with E-state index in [1.165, 1.54) is 5.56 Å². The number of carboxylic acid groups (broad SMARTS) is 1. The number of para-hydroxylation sites is 1. The second kappa shape index (κ2) is 4.55. The first-order valence-electron chi connectivity index (χ1n) is 6.87. The van der Waals surface area contributed by atoms with Crippen molar-refractivity contribution in [3.05, 3.63) is 29.3 Å². The number of rotatable bonds is 2. The summed E-state index contributed by atoms with van der Waals surface area (Å²) < 4.78 is 0. The molecule has 0 bridgehead atoms. The highest BCUT2D eigenvalue weighted by Gasteiger charge is 2.41. The van der Waals surface area contributed by atoms with E-state index in [0.29, 0.717) is 5.92 Å². The minimum atomic E-state index is -0.767. The molecule has 0 radical (unpaired) electrons. The van der Waals surface area contributed by atoms with E-state index in [-0.39, 0.29) is 5.54 Å². The highest BCUT2D eigenvalue weighted by Crippen LogP contribution is 2.45. The van der Waals surface area contributed by atoms with Crippen LogP contribution in [0.25, 0.3) is 0 Å². The Balaban J connectivity index is 2.64. The molecule has 0 saturated carbocycles. The number of aryl methyl sites for hydroxylation is 1. The summed E-state index contributed by atoms with van der Waals surface area (Å²) in [7, 11) is 0. The van der Waals surface area contributed by atoms with Crippen LogP contribution in [0, 0.1) is 6.92 Å². The van der Waals surface area contributed by atoms with Crippen LogP contribution in [0.15, 0.2) is 18.2 Å². The Kier molecular flexibility index (Phi) is 3.33. The Bertz CT molecular complexity index is 507. The summed E-state index contributed by atoms with van der Waals surface area (Å²) in [6.07, 6.45) is 0.973. The number of carboxylic acids is 1. The molecule has 1 aliphatic heterocycles. The molecule has 2 atom stereocenters. The van der Waals surface area contributed by atoms with Crippen LogP contribution in [0.5, 0.6) is 0 Å². The van der Waals surface area contributed by atoms with Crippen molar-refractivity contribution >= 4 is 11.7 Å². The molecule has 0 saturated heterocycles. The maximum absolute atomic E-state index is 11.4. The number of anilines is 1. The van der Waals surface area contributed by atoms with Gasteiger partial charge in [0.25, 0.3) is 0 Å². The summed E-state index contributed by atoms with van der Waals surface area (Å²) in [5, 5.41) is 9.41. The molecule has 104 valence electrons. The average molecular weight is 261 g/mol. The van der Waals surface area contributed by atoms with Gasteiger partial charge < -0.3 is 10.0 Å². The molecule has 0 spiro atoms. The van der Waals surface area contributed by atoms with E-state index >= 15 is 0 Å². The maximum Gasteiger partial charge on any atom is 0.326 e. The Labute approximate surface area is 115 Å². The fraction of sp³-hybridized carbons (Fsp3) is 0.562. The summed E-state index contributed by atoms with van der Waals surface area (Å²) in [5.74, 6) is -0.307. The first kappa shape index (κ1) is 13.9. The molecule has 0 aliphatic carbocycles. The highest BCUT2D eigenvalue weighted by molar-refractivity contribution is 5.80. The van der Waals surface area contributed by atoms with E-state index in [4.69, 9.17) is 0 Å². The van der Waals surface area contributed by atoms with Crippen LogP contribution in [-0.2, 0) is 4.79 Å². The van der Waals surface area contributed by atoms with E-state index in [9.17, 15) is 9.90 Å². The highest BCUT2D eigenvalue weighted by atomic mass is 16.4. The summed E-state index contributed by atoms with van der Waals surface area (Å²) in [6.45, 7) is 10.3. The maximum atomic E-state index is 11.4. The van der Waals surface area contributed by atoms with Gasteiger partial charge in [0.1, 0.15) is 6.04 Å². The molecule has 0 fully saturated rings. The van der Waals surface area contributed by atoms with Gasteiger partial charge in [0.05, 0.1) is 0 Å². The van der Waals surface area contributed by atoms with Crippen molar-refractivity contribution in [1.29, 1.82) is 0 Å². The largest absolute Gasteiger partial charge is 0.480 e. The van der Waals surface area contributed by atoms with Gasteiger partial charge in [-0.2, -0.15) is 0 Å². The Morgan fingerprint density at radius 3 is 2.68 bits per heavy atom. The van der Waals surface area contributed by atoms with Gasteiger partial charge in [-0.1, -0.05) is 25.1 Å². The molecule has 3 nitrogen and oxygen atoms in total. The molecule has 1 N–H and O–H groups in total. The quantitative estimate of drug-likeness (QED) is 0.885. The zero-order valence-electron chi connectivity index (χ0n) is 12.4. The third-order valence-electron chi connectivity index (χ3n) is 4.24. The number of hydrogen-bond acceptors (Lipinski definition) is 2. The van der Waals surface area contributed by atoms with Crippen LogP contribution in [0.1, 0.15) is 51.2 Å². The third kappa shape index (κ3) is 2.22. The van der Waals surface area contributed by atoms with Gasteiger partial charge in [-0.15, -0.1) is 0 Å². The molecule has 1 aliphatic rings. The number of nitrogens with zero attached hydrogens (tertiary/aromatic N) is 1. The second-order valence-corrected chi connectivity index (χ2v) is 6.31. The molecule has 1 heterocycles. The SMILES string of the molecule is Cc1cccc2c1N([C@H](C)C(=O)O)C(C)(C)C[C@H]2C. The minimum Gasteiger partial charge on any atom is -0.480 e. The zero-order chi connectivity index (χ0) is 14.4. The van der Waals surface area contributed by atoms with Crippen LogP contribution in [0.3, 0.4) is 0 Å². The van der Waals surface area contributed by atoms with Gasteiger partial charge in [0, 0.05) is 11.2 Å². The van der Waals surface area contributed by atoms with Crippen LogP contribution in [-0.4, -0.2) is 22.7 Å². The third-order valence-corrected chi connectivity index (χ3v) is 4.24. The average Bonchev–Trinajstić information content (AvgIpc) is 2.29. The molecule has 1 aromatic carbocycles. The monoisotopic (exact) mass is 261 g/mol. The van der Waals surface area contributed by atoms with Crippen molar-refractivity contribution in [1.82, 2.24) is 0 Å². The number of fused-ring (bicyclic) bond motifs is 1. The van der Waals surface area contributed by atoms with Gasteiger partial charge >= 0.3 is 5.97 Å². The predicted molar refractivity (Wildman–Crippen MR) is 77.9 cm³/mol. The van der Waals surface area contributed by atoms with Gasteiger partial charge in [-0.05, 0) is 51.2 Å². The van der Waals surface area contributed by atoms with Crippen LogP contribution in [0.2, 0.25) is 0 Å². The minimum absolute atomic E-state index is 0.143. The normalized spacial score (nSPS) is 22.8. The molecule has 2 rings (SSSR count). The lowest BCUT2D eigenvalue weighted by molar-refractivity contribution is -0.138. The van der Waals surface area contributed by atoms with Gasteiger partial charge in [-0.3, -0.25) is 0 Å². The van der Waals surface area contributed by atoms with E-state index in [1.54, 1.807) is 6.92 Å². The Morgan fingerprint density at radius 2 is 2.11 bits per heavy atom. The number of carbonyl (C=O) groups is 1.